The smallest absolute Gasteiger partial charge is 0.319 e. The van der Waals surface area contributed by atoms with Gasteiger partial charge in [0.05, 0.1) is 7.06 Å². The highest BCUT2D eigenvalue weighted by Gasteiger charge is 2.22. The topological polar surface area (TPSA) is 42.2 Å². The molecule has 0 amide bonds. The number of halogens is 2. The van der Waals surface area contributed by atoms with Crippen molar-refractivity contribution < 1.29 is 15.4 Å². The summed E-state index contributed by atoms with van der Waals surface area (Å²) in [6.07, 6.45) is 4.38. The number of rotatable bonds is 2. The minimum Gasteiger partial charge on any atom is -0.425 e. The molecule has 0 atom stereocenters. The summed E-state index contributed by atoms with van der Waals surface area (Å²) < 4.78 is 34.1. The number of alkyl halides is 1. The molecule has 1 N–H and O–H groups in total. The lowest BCUT2D eigenvalue weighted by Crippen LogP contribution is -2.27. The first-order valence-electron chi connectivity index (χ1n) is 6.27. The van der Waals surface area contributed by atoms with E-state index in [-0.39, 0.29) is 22.4 Å². The first-order valence-corrected chi connectivity index (χ1v) is 5.77. The van der Waals surface area contributed by atoms with E-state index in [1.54, 1.807) is 0 Å². The fourth-order valence-corrected chi connectivity index (χ4v) is 2.34. The highest BCUT2D eigenvalue weighted by Crippen LogP contribution is 2.32. The SMILES string of the molecule is [2H]c1c(CF)c(F)c(=O)n(O)c1C1CCCCC1. The minimum absolute atomic E-state index is 0.0498. The van der Waals surface area contributed by atoms with Crippen molar-refractivity contribution in [2.45, 2.75) is 44.7 Å². The third kappa shape index (κ3) is 2.18. The van der Waals surface area contributed by atoms with Crippen LogP contribution < -0.4 is 5.56 Å². The Morgan fingerprint density at radius 3 is 2.71 bits per heavy atom. The lowest BCUT2D eigenvalue weighted by atomic mass is 9.86. The molecule has 0 spiro atoms. The van der Waals surface area contributed by atoms with Gasteiger partial charge in [0.25, 0.3) is 0 Å². The zero-order valence-corrected chi connectivity index (χ0v) is 9.38. The summed E-state index contributed by atoms with van der Waals surface area (Å²) in [4.78, 5) is 11.5. The second-order valence-corrected chi connectivity index (χ2v) is 4.39. The van der Waals surface area contributed by atoms with E-state index in [0.29, 0.717) is 0 Å². The Balaban J connectivity index is 2.58. The van der Waals surface area contributed by atoms with Crippen LogP contribution in [0.5, 0.6) is 0 Å². The lowest BCUT2D eigenvalue weighted by molar-refractivity contribution is 0.151. The van der Waals surface area contributed by atoms with Crippen LogP contribution in [0.4, 0.5) is 8.78 Å². The molecule has 1 aliphatic rings. The van der Waals surface area contributed by atoms with Gasteiger partial charge in [0.1, 0.15) is 6.67 Å². The molecular formula is C12H15F2NO2. The van der Waals surface area contributed by atoms with Crippen LogP contribution in [0.25, 0.3) is 0 Å². The molecule has 5 heteroatoms. The van der Waals surface area contributed by atoms with Gasteiger partial charge in [-0.1, -0.05) is 19.3 Å². The van der Waals surface area contributed by atoms with Crippen LogP contribution in [0.2, 0.25) is 0 Å². The highest BCUT2D eigenvalue weighted by atomic mass is 19.1. The normalized spacial score (nSPS) is 18.1. The Labute approximate surface area is 99.1 Å². The van der Waals surface area contributed by atoms with E-state index in [9.17, 15) is 18.8 Å². The van der Waals surface area contributed by atoms with Crippen molar-refractivity contribution in [3.8, 4) is 0 Å². The van der Waals surface area contributed by atoms with Crippen LogP contribution in [0.15, 0.2) is 10.8 Å². The van der Waals surface area contributed by atoms with Crippen molar-refractivity contribution >= 4 is 0 Å². The van der Waals surface area contributed by atoms with Crippen LogP contribution in [0.3, 0.4) is 0 Å². The van der Waals surface area contributed by atoms with Gasteiger partial charge in [0, 0.05) is 11.5 Å². The van der Waals surface area contributed by atoms with E-state index in [1.165, 1.54) is 0 Å². The van der Waals surface area contributed by atoms with Gasteiger partial charge in [-0.3, -0.25) is 4.79 Å². The maximum atomic E-state index is 13.4. The highest BCUT2D eigenvalue weighted by molar-refractivity contribution is 5.21. The summed E-state index contributed by atoms with van der Waals surface area (Å²) in [6, 6.07) is -0.385. The number of pyridine rings is 1. The molecule has 1 saturated carbocycles. The van der Waals surface area contributed by atoms with Gasteiger partial charge in [0.15, 0.2) is 5.82 Å². The predicted octanol–water partition coefficient (Wildman–Crippen LogP) is 2.74. The molecular weight excluding hydrogens is 228 g/mol. The van der Waals surface area contributed by atoms with Gasteiger partial charge in [-0.2, -0.15) is 0 Å². The van der Waals surface area contributed by atoms with Crippen LogP contribution >= 0.6 is 0 Å². The zero-order valence-electron chi connectivity index (χ0n) is 10.4. The quantitative estimate of drug-likeness (QED) is 0.813. The van der Waals surface area contributed by atoms with Crippen molar-refractivity contribution in [2.24, 2.45) is 0 Å². The summed E-state index contributed by atoms with van der Waals surface area (Å²) in [5.74, 6) is -1.54. The summed E-state index contributed by atoms with van der Waals surface area (Å²) in [7, 11) is 0. The van der Waals surface area contributed by atoms with Gasteiger partial charge < -0.3 is 5.21 Å². The maximum absolute atomic E-state index is 13.4. The Morgan fingerprint density at radius 2 is 2.12 bits per heavy atom. The summed E-state index contributed by atoms with van der Waals surface area (Å²) in [5, 5.41) is 9.65. The fourth-order valence-electron chi connectivity index (χ4n) is 2.34. The van der Waals surface area contributed by atoms with E-state index in [4.69, 9.17) is 1.37 Å². The third-order valence-electron chi connectivity index (χ3n) is 3.28. The fraction of sp³-hybridized carbons (Fsp3) is 0.583. The molecule has 1 aliphatic carbocycles. The Hall–Kier alpha value is -1.39. The molecule has 0 aliphatic heterocycles. The summed E-state index contributed by atoms with van der Waals surface area (Å²) >= 11 is 0. The molecule has 3 nitrogen and oxygen atoms in total. The Bertz CT molecular complexity index is 510. The van der Waals surface area contributed by atoms with Crippen molar-refractivity contribution in [2.75, 3.05) is 0 Å². The van der Waals surface area contributed by atoms with E-state index in [1.807, 2.05) is 0 Å². The van der Waals surface area contributed by atoms with Crippen molar-refractivity contribution in [1.82, 2.24) is 4.73 Å². The van der Waals surface area contributed by atoms with E-state index in [0.717, 1.165) is 32.1 Å². The van der Waals surface area contributed by atoms with Crippen LogP contribution in [-0.4, -0.2) is 9.94 Å². The van der Waals surface area contributed by atoms with Gasteiger partial charge in [-0.15, -0.1) is 4.73 Å². The van der Waals surface area contributed by atoms with Crippen LogP contribution in [0, 0.1) is 5.82 Å². The van der Waals surface area contributed by atoms with Crippen molar-refractivity contribution in [1.29, 1.82) is 0 Å². The maximum Gasteiger partial charge on any atom is 0.319 e. The van der Waals surface area contributed by atoms with Crippen LogP contribution in [0.1, 0.15) is 50.7 Å². The molecule has 0 radical (unpaired) electrons. The zero-order chi connectivity index (χ0) is 13.3. The first-order chi connectivity index (χ1) is 8.57. The van der Waals surface area contributed by atoms with E-state index in [2.05, 4.69) is 0 Å². The molecule has 1 heterocycles. The lowest BCUT2D eigenvalue weighted by Gasteiger charge is -2.23. The number of hydrogen-bond acceptors (Lipinski definition) is 2. The van der Waals surface area contributed by atoms with E-state index < -0.39 is 23.6 Å². The number of hydrogen-bond donors (Lipinski definition) is 1. The molecule has 1 aromatic heterocycles. The first kappa shape index (κ1) is 10.7. The molecule has 17 heavy (non-hydrogen) atoms. The van der Waals surface area contributed by atoms with Gasteiger partial charge in [0.2, 0.25) is 0 Å². The standard InChI is InChI=1S/C12H15F2NO2/c13-7-9-6-10(8-4-2-1-3-5-8)15(17)12(16)11(9)14/h6,8,17H,1-5,7H2/i6D. The number of nitrogens with zero attached hydrogens (tertiary/aromatic N) is 1. The van der Waals surface area contributed by atoms with Gasteiger partial charge in [-0.25, -0.2) is 8.78 Å². The largest absolute Gasteiger partial charge is 0.425 e. The van der Waals surface area contributed by atoms with Crippen LogP contribution in [-0.2, 0) is 6.67 Å². The Kier molecular flexibility index (Phi) is 3.07. The molecule has 0 bridgehead atoms. The molecule has 0 saturated heterocycles. The Morgan fingerprint density at radius 1 is 1.47 bits per heavy atom. The monoisotopic (exact) mass is 244 g/mol. The van der Waals surface area contributed by atoms with Crippen molar-refractivity contribution in [3.05, 3.63) is 33.5 Å². The van der Waals surface area contributed by atoms with Gasteiger partial charge in [-0.05, 0) is 18.9 Å². The summed E-state index contributed by atoms with van der Waals surface area (Å²) in [5.41, 5.74) is -1.76. The molecule has 1 fully saturated rings. The number of aromatic nitrogens is 1. The van der Waals surface area contributed by atoms with Gasteiger partial charge >= 0.3 is 5.56 Å². The average molecular weight is 244 g/mol. The second-order valence-electron chi connectivity index (χ2n) is 4.39. The molecule has 0 unspecified atom stereocenters. The molecule has 0 aromatic carbocycles. The molecule has 94 valence electrons. The third-order valence-corrected chi connectivity index (χ3v) is 3.28. The average Bonchev–Trinajstić information content (AvgIpc) is 2.38. The minimum atomic E-state index is -1.37. The summed E-state index contributed by atoms with van der Waals surface area (Å²) in [6.45, 7) is -1.21. The van der Waals surface area contributed by atoms with E-state index >= 15 is 0 Å². The second kappa shape index (κ2) is 4.85. The predicted molar refractivity (Wildman–Crippen MR) is 58.5 cm³/mol. The van der Waals surface area contributed by atoms with Crippen molar-refractivity contribution in [3.63, 3.8) is 0 Å². The molecule has 2 rings (SSSR count). The molecule has 1 aromatic rings.